The van der Waals surface area contributed by atoms with Gasteiger partial charge in [0, 0.05) is 32.4 Å². The molecule has 0 radical (unpaired) electrons. The molecule has 2 aromatic heterocycles. The summed E-state index contributed by atoms with van der Waals surface area (Å²) in [5, 5.41) is 3.57. The first-order chi connectivity index (χ1) is 10.9. The van der Waals surface area contributed by atoms with E-state index in [2.05, 4.69) is 25.8 Å². The van der Waals surface area contributed by atoms with Crippen molar-refractivity contribution in [2.75, 3.05) is 39.4 Å². The fourth-order valence-electron chi connectivity index (χ4n) is 3.43. The number of morpholine rings is 1. The van der Waals surface area contributed by atoms with Crippen LogP contribution in [0.1, 0.15) is 24.7 Å². The predicted octanol–water partition coefficient (Wildman–Crippen LogP) is 1.19. The van der Waals surface area contributed by atoms with Gasteiger partial charge in [0.15, 0.2) is 5.65 Å². The maximum atomic E-state index is 5.43. The molecule has 4 rings (SSSR count). The molecule has 2 aromatic rings. The number of fused-ring (bicyclic) bond motifs is 1. The molecule has 2 fully saturated rings. The van der Waals surface area contributed by atoms with Crippen LogP contribution in [0.5, 0.6) is 0 Å². The van der Waals surface area contributed by atoms with Gasteiger partial charge in [-0.3, -0.25) is 4.90 Å². The SMILES string of the molecule is c1cnc2c(c1)nc(C1CCCN1)n2CCN1CCOCC1. The second-order valence-corrected chi connectivity index (χ2v) is 6.07. The Hall–Kier alpha value is -1.50. The molecular weight excluding hydrogens is 278 g/mol. The smallest absolute Gasteiger partial charge is 0.160 e. The molecule has 0 spiro atoms. The minimum Gasteiger partial charge on any atom is -0.379 e. The first-order valence-corrected chi connectivity index (χ1v) is 8.26. The molecule has 6 heteroatoms. The third-order valence-corrected chi connectivity index (χ3v) is 4.65. The van der Waals surface area contributed by atoms with Gasteiger partial charge in [0.2, 0.25) is 0 Å². The number of hydrogen-bond donors (Lipinski definition) is 1. The van der Waals surface area contributed by atoms with E-state index < -0.39 is 0 Å². The molecule has 6 nitrogen and oxygen atoms in total. The van der Waals surface area contributed by atoms with Crippen LogP contribution in [0.15, 0.2) is 18.3 Å². The molecule has 0 bridgehead atoms. The Morgan fingerprint density at radius 3 is 3.00 bits per heavy atom. The Balaban J connectivity index is 1.60. The van der Waals surface area contributed by atoms with Crippen LogP contribution in [0.2, 0.25) is 0 Å². The highest BCUT2D eigenvalue weighted by molar-refractivity contribution is 5.71. The Morgan fingerprint density at radius 2 is 2.18 bits per heavy atom. The highest BCUT2D eigenvalue weighted by Crippen LogP contribution is 2.25. The summed E-state index contributed by atoms with van der Waals surface area (Å²) in [4.78, 5) is 11.9. The van der Waals surface area contributed by atoms with Crippen molar-refractivity contribution in [3.05, 3.63) is 24.2 Å². The number of rotatable bonds is 4. The molecule has 0 aliphatic carbocycles. The third-order valence-electron chi connectivity index (χ3n) is 4.65. The maximum Gasteiger partial charge on any atom is 0.160 e. The van der Waals surface area contributed by atoms with E-state index in [9.17, 15) is 0 Å². The van der Waals surface area contributed by atoms with Crippen molar-refractivity contribution in [1.29, 1.82) is 0 Å². The number of hydrogen-bond acceptors (Lipinski definition) is 5. The van der Waals surface area contributed by atoms with Crippen LogP contribution in [0, 0.1) is 0 Å². The monoisotopic (exact) mass is 301 g/mol. The van der Waals surface area contributed by atoms with Crippen molar-refractivity contribution in [2.24, 2.45) is 0 Å². The summed E-state index contributed by atoms with van der Waals surface area (Å²) in [7, 11) is 0. The Labute approximate surface area is 130 Å². The summed E-state index contributed by atoms with van der Waals surface area (Å²) in [5.41, 5.74) is 2.02. The van der Waals surface area contributed by atoms with Gasteiger partial charge in [0.1, 0.15) is 11.3 Å². The number of nitrogens with one attached hydrogen (secondary N) is 1. The Morgan fingerprint density at radius 1 is 1.27 bits per heavy atom. The molecule has 22 heavy (non-hydrogen) atoms. The second kappa shape index (κ2) is 6.32. The van der Waals surface area contributed by atoms with E-state index in [4.69, 9.17) is 9.72 Å². The van der Waals surface area contributed by atoms with Gasteiger partial charge >= 0.3 is 0 Å². The van der Waals surface area contributed by atoms with Crippen molar-refractivity contribution >= 4 is 11.2 Å². The van der Waals surface area contributed by atoms with E-state index in [0.29, 0.717) is 6.04 Å². The van der Waals surface area contributed by atoms with Crippen LogP contribution in [-0.4, -0.2) is 58.8 Å². The largest absolute Gasteiger partial charge is 0.379 e. The molecule has 2 aliphatic rings. The van der Waals surface area contributed by atoms with Gasteiger partial charge in [-0.1, -0.05) is 0 Å². The number of ether oxygens (including phenoxy) is 1. The minimum atomic E-state index is 0.374. The summed E-state index contributed by atoms with van der Waals surface area (Å²) >= 11 is 0. The molecular formula is C16H23N5O. The molecule has 118 valence electrons. The molecule has 0 aromatic carbocycles. The maximum absolute atomic E-state index is 5.43. The van der Waals surface area contributed by atoms with E-state index in [0.717, 1.165) is 62.9 Å². The van der Waals surface area contributed by atoms with Crippen molar-refractivity contribution in [3.63, 3.8) is 0 Å². The van der Waals surface area contributed by atoms with Crippen molar-refractivity contribution in [1.82, 2.24) is 24.8 Å². The zero-order valence-corrected chi connectivity index (χ0v) is 12.9. The quantitative estimate of drug-likeness (QED) is 0.919. The first kappa shape index (κ1) is 14.1. The van der Waals surface area contributed by atoms with Gasteiger partial charge in [0.25, 0.3) is 0 Å². The molecule has 1 unspecified atom stereocenters. The lowest BCUT2D eigenvalue weighted by Crippen LogP contribution is -2.38. The topological polar surface area (TPSA) is 55.2 Å². The van der Waals surface area contributed by atoms with E-state index >= 15 is 0 Å². The van der Waals surface area contributed by atoms with E-state index in [1.165, 1.54) is 12.8 Å². The zero-order chi connectivity index (χ0) is 14.8. The van der Waals surface area contributed by atoms with E-state index in [1.54, 1.807) is 0 Å². The van der Waals surface area contributed by atoms with E-state index in [-0.39, 0.29) is 0 Å². The standard InChI is InChI=1S/C16H23N5O/c1-3-13(17-5-1)16-19-14-4-2-6-18-15(14)21(16)8-7-20-9-11-22-12-10-20/h2,4,6,13,17H,1,3,5,7-12H2. The fraction of sp³-hybridized carbons (Fsp3) is 0.625. The Bertz CT molecular complexity index is 628. The third kappa shape index (κ3) is 2.74. The summed E-state index contributed by atoms with van der Waals surface area (Å²) in [6, 6.07) is 4.40. The van der Waals surface area contributed by atoms with Gasteiger partial charge in [-0.2, -0.15) is 0 Å². The molecule has 2 saturated heterocycles. The molecule has 0 saturated carbocycles. The van der Waals surface area contributed by atoms with Gasteiger partial charge in [-0.05, 0) is 31.5 Å². The lowest BCUT2D eigenvalue weighted by Gasteiger charge is -2.27. The Kier molecular flexibility index (Phi) is 4.05. The van der Waals surface area contributed by atoms with Gasteiger partial charge in [-0.15, -0.1) is 0 Å². The average Bonchev–Trinajstić information content (AvgIpc) is 3.21. The fourth-order valence-corrected chi connectivity index (χ4v) is 3.43. The van der Waals surface area contributed by atoms with Crippen LogP contribution in [0.25, 0.3) is 11.2 Å². The van der Waals surface area contributed by atoms with Gasteiger partial charge in [0.05, 0.1) is 19.3 Å². The lowest BCUT2D eigenvalue weighted by atomic mass is 10.2. The van der Waals surface area contributed by atoms with Crippen LogP contribution in [-0.2, 0) is 11.3 Å². The highest BCUT2D eigenvalue weighted by Gasteiger charge is 2.24. The molecule has 0 amide bonds. The summed E-state index contributed by atoms with van der Waals surface area (Å²) in [6.07, 6.45) is 4.26. The van der Waals surface area contributed by atoms with Crippen LogP contribution >= 0.6 is 0 Å². The zero-order valence-electron chi connectivity index (χ0n) is 12.9. The van der Waals surface area contributed by atoms with Crippen molar-refractivity contribution in [3.8, 4) is 0 Å². The molecule has 1 atom stereocenters. The average molecular weight is 301 g/mol. The minimum absolute atomic E-state index is 0.374. The molecule has 4 heterocycles. The van der Waals surface area contributed by atoms with Gasteiger partial charge in [-0.25, -0.2) is 9.97 Å². The highest BCUT2D eigenvalue weighted by atomic mass is 16.5. The molecule has 1 N–H and O–H groups in total. The summed E-state index contributed by atoms with van der Waals surface area (Å²) < 4.78 is 7.74. The van der Waals surface area contributed by atoms with Crippen molar-refractivity contribution in [2.45, 2.75) is 25.4 Å². The van der Waals surface area contributed by atoms with Crippen molar-refractivity contribution < 1.29 is 4.74 Å². The number of pyridine rings is 1. The van der Waals surface area contributed by atoms with Crippen LogP contribution in [0.4, 0.5) is 0 Å². The lowest BCUT2D eigenvalue weighted by molar-refractivity contribution is 0.0364. The second-order valence-electron chi connectivity index (χ2n) is 6.07. The normalized spacial score (nSPS) is 23.4. The first-order valence-electron chi connectivity index (χ1n) is 8.26. The number of nitrogens with zero attached hydrogens (tertiary/aromatic N) is 4. The summed E-state index contributed by atoms with van der Waals surface area (Å²) in [5.74, 6) is 1.15. The summed E-state index contributed by atoms with van der Waals surface area (Å²) in [6.45, 7) is 6.81. The number of aromatic nitrogens is 3. The van der Waals surface area contributed by atoms with Crippen LogP contribution < -0.4 is 5.32 Å². The van der Waals surface area contributed by atoms with Gasteiger partial charge < -0.3 is 14.6 Å². The van der Waals surface area contributed by atoms with E-state index in [1.807, 2.05) is 12.3 Å². The predicted molar refractivity (Wildman–Crippen MR) is 84.8 cm³/mol. The van der Waals surface area contributed by atoms with Crippen LogP contribution in [0.3, 0.4) is 0 Å². The molecule has 2 aliphatic heterocycles. The number of imidazole rings is 1.